The number of rotatable bonds is 6. The molecule has 0 atom stereocenters. The molecule has 4 aromatic carbocycles. The molecular formula is C28H21ClN2O2. The van der Waals surface area contributed by atoms with Crippen molar-refractivity contribution in [2.45, 2.75) is 13.5 Å². The fourth-order valence-corrected chi connectivity index (χ4v) is 3.75. The van der Waals surface area contributed by atoms with Crippen LogP contribution in [0, 0.1) is 18.3 Å². The lowest BCUT2D eigenvalue weighted by Gasteiger charge is -2.14. The molecule has 162 valence electrons. The molecular weight excluding hydrogens is 432 g/mol. The van der Waals surface area contributed by atoms with Crippen molar-refractivity contribution >= 4 is 40.0 Å². The number of hydrogen-bond acceptors (Lipinski definition) is 3. The van der Waals surface area contributed by atoms with Crippen molar-refractivity contribution in [1.82, 2.24) is 0 Å². The van der Waals surface area contributed by atoms with E-state index < -0.39 is 5.91 Å². The van der Waals surface area contributed by atoms with E-state index >= 15 is 0 Å². The molecule has 0 aliphatic carbocycles. The lowest BCUT2D eigenvalue weighted by Crippen LogP contribution is -2.13. The van der Waals surface area contributed by atoms with Gasteiger partial charge in [-0.3, -0.25) is 4.79 Å². The van der Waals surface area contributed by atoms with E-state index in [1.807, 2.05) is 36.4 Å². The van der Waals surface area contributed by atoms with E-state index in [0.29, 0.717) is 28.6 Å². The van der Waals surface area contributed by atoms with Gasteiger partial charge in [0, 0.05) is 21.8 Å². The molecule has 0 saturated heterocycles. The summed E-state index contributed by atoms with van der Waals surface area (Å²) < 4.78 is 6.17. The molecule has 1 amide bonds. The van der Waals surface area contributed by atoms with E-state index in [2.05, 4.69) is 36.5 Å². The molecule has 4 aromatic rings. The number of amides is 1. The zero-order chi connectivity index (χ0) is 23.2. The Morgan fingerprint density at radius 3 is 2.58 bits per heavy atom. The first kappa shape index (κ1) is 22.1. The monoisotopic (exact) mass is 452 g/mol. The number of carbonyl (C=O) groups excluding carboxylic acids is 1. The predicted octanol–water partition coefficient (Wildman–Crippen LogP) is 6.93. The van der Waals surface area contributed by atoms with Crippen LogP contribution in [0.1, 0.15) is 16.7 Å². The van der Waals surface area contributed by atoms with E-state index in [1.54, 1.807) is 30.3 Å². The molecule has 0 fully saturated rings. The van der Waals surface area contributed by atoms with Crippen LogP contribution in [0.3, 0.4) is 0 Å². The van der Waals surface area contributed by atoms with E-state index in [9.17, 15) is 10.1 Å². The molecule has 5 heteroatoms. The van der Waals surface area contributed by atoms with Gasteiger partial charge in [-0.25, -0.2) is 0 Å². The van der Waals surface area contributed by atoms with E-state index in [4.69, 9.17) is 16.3 Å². The molecule has 0 radical (unpaired) electrons. The molecule has 0 spiro atoms. The second kappa shape index (κ2) is 10.0. The Morgan fingerprint density at radius 2 is 1.79 bits per heavy atom. The van der Waals surface area contributed by atoms with Gasteiger partial charge < -0.3 is 10.1 Å². The largest absolute Gasteiger partial charge is 0.488 e. The Bertz CT molecular complexity index is 1390. The van der Waals surface area contributed by atoms with Crippen LogP contribution in [0.4, 0.5) is 5.69 Å². The van der Waals surface area contributed by atoms with Crippen LogP contribution in [0.2, 0.25) is 5.02 Å². The molecule has 4 rings (SSSR count). The Kier molecular flexibility index (Phi) is 6.73. The van der Waals surface area contributed by atoms with Gasteiger partial charge in [0.25, 0.3) is 5.91 Å². The zero-order valence-corrected chi connectivity index (χ0v) is 18.8. The Balaban J connectivity index is 1.62. The van der Waals surface area contributed by atoms with Gasteiger partial charge in [-0.2, -0.15) is 5.26 Å². The summed E-state index contributed by atoms with van der Waals surface area (Å²) in [6, 6.07) is 28.4. The highest BCUT2D eigenvalue weighted by atomic mass is 35.5. The van der Waals surface area contributed by atoms with Gasteiger partial charge in [0.05, 0.1) is 0 Å². The van der Waals surface area contributed by atoms with Gasteiger partial charge >= 0.3 is 0 Å². The molecule has 0 saturated carbocycles. The Labute approximate surface area is 197 Å². The number of hydrogen-bond donors (Lipinski definition) is 1. The van der Waals surface area contributed by atoms with Gasteiger partial charge in [0.1, 0.15) is 24.0 Å². The fourth-order valence-electron chi connectivity index (χ4n) is 3.57. The number of benzene rings is 4. The van der Waals surface area contributed by atoms with Crippen molar-refractivity contribution in [2.24, 2.45) is 0 Å². The first-order valence-electron chi connectivity index (χ1n) is 10.4. The van der Waals surface area contributed by atoms with Gasteiger partial charge in [-0.05, 0) is 59.7 Å². The SMILES string of the molecule is Cc1ccc2ccccc2c1COc1ccc(Cl)cc1/C=C(\C#N)C(=O)Nc1ccccc1. The van der Waals surface area contributed by atoms with E-state index in [-0.39, 0.29) is 5.57 Å². The molecule has 0 unspecified atom stereocenters. The predicted molar refractivity (Wildman–Crippen MR) is 133 cm³/mol. The van der Waals surface area contributed by atoms with Crippen LogP contribution in [0.5, 0.6) is 5.75 Å². The van der Waals surface area contributed by atoms with Crippen molar-refractivity contribution in [3.05, 3.63) is 112 Å². The lowest BCUT2D eigenvalue weighted by atomic mass is 10.0. The molecule has 0 aliphatic heterocycles. The summed E-state index contributed by atoms with van der Waals surface area (Å²) in [6.07, 6.45) is 1.50. The topological polar surface area (TPSA) is 62.1 Å². The maximum absolute atomic E-state index is 12.6. The molecule has 33 heavy (non-hydrogen) atoms. The summed E-state index contributed by atoms with van der Waals surface area (Å²) >= 11 is 6.21. The molecule has 0 bridgehead atoms. The number of anilines is 1. The summed E-state index contributed by atoms with van der Waals surface area (Å²) in [5, 5.41) is 15.1. The number of halogens is 1. The zero-order valence-electron chi connectivity index (χ0n) is 18.0. The summed E-state index contributed by atoms with van der Waals surface area (Å²) in [5.74, 6) is 0.0338. The highest BCUT2D eigenvalue weighted by molar-refractivity contribution is 6.30. The van der Waals surface area contributed by atoms with Crippen LogP contribution in [0.25, 0.3) is 16.8 Å². The van der Waals surface area contributed by atoms with E-state index in [1.165, 1.54) is 6.08 Å². The minimum absolute atomic E-state index is 0.0488. The number of para-hydroxylation sites is 1. The average Bonchev–Trinajstić information content (AvgIpc) is 2.83. The molecule has 0 aliphatic rings. The first-order valence-corrected chi connectivity index (χ1v) is 10.8. The summed E-state index contributed by atoms with van der Waals surface area (Å²) in [5.41, 5.74) is 3.32. The fraction of sp³-hybridized carbons (Fsp3) is 0.0714. The number of ether oxygens (including phenoxy) is 1. The maximum atomic E-state index is 12.6. The third-order valence-electron chi connectivity index (χ3n) is 5.32. The van der Waals surface area contributed by atoms with Gasteiger partial charge in [-0.1, -0.05) is 66.2 Å². The summed E-state index contributed by atoms with van der Waals surface area (Å²) in [4.78, 5) is 12.6. The molecule has 0 heterocycles. The lowest BCUT2D eigenvalue weighted by molar-refractivity contribution is -0.112. The Morgan fingerprint density at radius 1 is 1.03 bits per heavy atom. The van der Waals surface area contributed by atoms with Gasteiger partial charge in [0.2, 0.25) is 0 Å². The standard InChI is InChI=1S/C28H21ClN2O2/c1-19-11-12-20-7-5-6-10-25(20)26(19)18-33-27-14-13-23(29)16-21(27)15-22(17-30)28(32)31-24-8-3-2-4-9-24/h2-16H,18H2,1H3,(H,31,32)/b22-15+. The van der Waals surface area contributed by atoms with Crippen molar-refractivity contribution in [2.75, 3.05) is 5.32 Å². The van der Waals surface area contributed by atoms with Crippen molar-refractivity contribution in [3.63, 3.8) is 0 Å². The third-order valence-corrected chi connectivity index (χ3v) is 5.55. The highest BCUT2D eigenvalue weighted by Gasteiger charge is 2.13. The number of nitriles is 1. The van der Waals surface area contributed by atoms with Crippen molar-refractivity contribution in [1.29, 1.82) is 5.26 Å². The third kappa shape index (κ3) is 5.23. The average molecular weight is 453 g/mol. The van der Waals surface area contributed by atoms with Crippen LogP contribution >= 0.6 is 11.6 Å². The number of fused-ring (bicyclic) bond motifs is 1. The minimum Gasteiger partial charge on any atom is -0.488 e. The van der Waals surface area contributed by atoms with Crippen molar-refractivity contribution < 1.29 is 9.53 Å². The number of nitrogens with zero attached hydrogens (tertiary/aromatic N) is 1. The van der Waals surface area contributed by atoms with Crippen LogP contribution in [-0.4, -0.2) is 5.91 Å². The summed E-state index contributed by atoms with van der Waals surface area (Å²) in [6.45, 7) is 2.39. The first-order chi connectivity index (χ1) is 16.0. The normalized spacial score (nSPS) is 11.1. The Hall–Kier alpha value is -4.07. The molecule has 4 nitrogen and oxygen atoms in total. The van der Waals surface area contributed by atoms with Crippen LogP contribution in [0.15, 0.2) is 90.5 Å². The van der Waals surface area contributed by atoms with Crippen LogP contribution in [-0.2, 0) is 11.4 Å². The number of aryl methyl sites for hydroxylation is 1. The van der Waals surface area contributed by atoms with Gasteiger partial charge in [0.15, 0.2) is 0 Å². The van der Waals surface area contributed by atoms with Crippen molar-refractivity contribution in [3.8, 4) is 11.8 Å². The van der Waals surface area contributed by atoms with E-state index in [0.717, 1.165) is 21.9 Å². The number of nitrogens with one attached hydrogen (secondary N) is 1. The summed E-state index contributed by atoms with van der Waals surface area (Å²) in [7, 11) is 0. The second-order valence-electron chi connectivity index (χ2n) is 7.54. The highest BCUT2D eigenvalue weighted by Crippen LogP contribution is 2.29. The molecule has 1 N–H and O–H groups in total. The van der Waals surface area contributed by atoms with Crippen LogP contribution < -0.4 is 10.1 Å². The smallest absolute Gasteiger partial charge is 0.266 e. The van der Waals surface area contributed by atoms with Gasteiger partial charge in [-0.15, -0.1) is 0 Å². The quantitative estimate of drug-likeness (QED) is 0.255. The molecule has 0 aromatic heterocycles. The maximum Gasteiger partial charge on any atom is 0.266 e. The second-order valence-corrected chi connectivity index (χ2v) is 7.98. The number of carbonyl (C=O) groups is 1. The minimum atomic E-state index is -0.500.